The SMILES string of the molecule is CO[Si](CCCNC(=O)CCCCCCCCC(F)F)(OC)OC. The van der Waals surface area contributed by atoms with E-state index in [9.17, 15) is 13.6 Å². The minimum atomic E-state index is -2.54. The zero-order chi connectivity index (χ0) is 18.3. The van der Waals surface area contributed by atoms with Crippen molar-refractivity contribution < 1.29 is 26.9 Å². The number of hydrogen-bond acceptors (Lipinski definition) is 4. The monoisotopic (exact) mass is 369 g/mol. The molecule has 24 heavy (non-hydrogen) atoms. The standard InChI is InChI=1S/C16H33F2NO4Si/c1-21-24(22-2,23-3)14-10-13-19-16(20)12-9-7-5-4-6-8-11-15(17)18/h15H,4-14H2,1-3H3,(H,19,20). The predicted octanol–water partition coefficient (Wildman–Crippen LogP) is 3.76. The van der Waals surface area contributed by atoms with Crippen molar-refractivity contribution in [2.75, 3.05) is 27.9 Å². The Bertz CT molecular complexity index is 310. The van der Waals surface area contributed by atoms with Gasteiger partial charge in [0, 0.05) is 46.8 Å². The summed E-state index contributed by atoms with van der Waals surface area (Å²) in [5.74, 6) is 0.0483. The number of hydrogen-bond donors (Lipinski definition) is 1. The van der Waals surface area contributed by atoms with Crippen LogP contribution in [0.3, 0.4) is 0 Å². The van der Waals surface area contributed by atoms with Crippen LogP contribution >= 0.6 is 0 Å². The van der Waals surface area contributed by atoms with Crippen molar-refractivity contribution in [1.82, 2.24) is 5.32 Å². The Morgan fingerprint density at radius 2 is 1.46 bits per heavy atom. The lowest BCUT2D eigenvalue weighted by atomic mass is 10.1. The van der Waals surface area contributed by atoms with Crippen molar-refractivity contribution in [3.63, 3.8) is 0 Å². The van der Waals surface area contributed by atoms with Crippen molar-refractivity contribution in [1.29, 1.82) is 0 Å². The Kier molecular flexibility index (Phi) is 14.4. The number of unbranched alkanes of at least 4 members (excludes halogenated alkanes) is 5. The summed E-state index contributed by atoms with van der Waals surface area (Å²) in [5, 5.41) is 2.88. The second-order valence-corrected chi connectivity index (χ2v) is 8.89. The Morgan fingerprint density at radius 1 is 0.917 bits per heavy atom. The summed E-state index contributed by atoms with van der Waals surface area (Å²) in [4.78, 5) is 11.7. The molecule has 0 saturated heterocycles. The quantitative estimate of drug-likeness (QED) is 0.332. The third-order valence-electron chi connectivity index (χ3n) is 3.99. The Balaban J connectivity index is 3.50. The molecule has 0 rings (SSSR count). The van der Waals surface area contributed by atoms with E-state index in [0.717, 1.165) is 38.5 Å². The van der Waals surface area contributed by atoms with Gasteiger partial charge in [0.05, 0.1) is 0 Å². The first-order valence-electron chi connectivity index (χ1n) is 8.70. The molecule has 144 valence electrons. The Labute approximate surface area is 145 Å². The first-order chi connectivity index (χ1) is 11.5. The largest absolute Gasteiger partial charge is 0.500 e. The molecule has 0 aromatic rings. The lowest BCUT2D eigenvalue weighted by Gasteiger charge is -2.24. The number of carbonyl (C=O) groups is 1. The number of amides is 1. The van der Waals surface area contributed by atoms with Crippen LogP contribution in [-0.4, -0.2) is 49.0 Å². The van der Waals surface area contributed by atoms with E-state index in [2.05, 4.69) is 5.32 Å². The molecule has 0 radical (unpaired) electrons. The van der Waals surface area contributed by atoms with Gasteiger partial charge in [0.25, 0.3) is 0 Å². The van der Waals surface area contributed by atoms with Crippen LogP contribution in [0.2, 0.25) is 6.04 Å². The maximum absolute atomic E-state index is 11.9. The molecule has 8 heteroatoms. The number of rotatable bonds is 16. The van der Waals surface area contributed by atoms with E-state index < -0.39 is 15.2 Å². The third kappa shape index (κ3) is 11.9. The average Bonchev–Trinajstić information content (AvgIpc) is 2.58. The maximum Gasteiger partial charge on any atom is 0.500 e. The molecule has 0 aliphatic heterocycles. The van der Waals surface area contributed by atoms with Gasteiger partial charge in [-0.25, -0.2) is 8.78 Å². The van der Waals surface area contributed by atoms with Gasteiger partial charge in [0.1, 0.15) is 0 Å². The molecule has 0 heterocycles. The number of halogens is 2. The van der Waals surface area contributed by atoms with Gasteiger partial charge in [0.15, 0.2) is 0 Å². The molecule has 5 nitrogen and oxygen atoms in total. The molecule has 0 spiro atoms. The minimum absolute atomic E-state index is 0.00175. The third-order valence-corrected chi connectivity index (χ3v) is 6.82. The average molecular weight is 370 g/mol. The normalized spacial score (nSPS) is 11.9. The van der Waals surface area contributed by atoms with Gasteiger partial charge in [0.2, 0.25) is 12.3 Å². The molecule has 0 bridgehead atoms. The van der Waals surface area contributed by atoms with Crippen LogP contribution in [-0.2, 0) is 18.1 Å². The van der Waals surface area contributed by atoms with Crippen LogP contribution in [0, 0.1) is 0 Å². The number of carbonyl (C=O) groups excluding carboxylic acids is 1. The first-order valence-corrected chi connectivity index (χ1v) is 10.6. The molecule has 0 fully saturated rings. The van der Waals surface area contributed by atoms with E-state index in [0.29, 0.717) is 25.4 Å². The fourth-order valence-corrected chi connectivity index (χ4v) is 4.19. The number of alkyl halides is 2. The fraction of sp³-hybridized carbons (Fsp3) is 0.938. The Hall–Kier alpha value is -0.573. The smallest absolute Gasteiger partial charge is 0.377 e. The van der Waals surface area contributed by atoms with Crippen molar-refractivity contribution in [3.05, 3.63) is 0 Å². The first kappa shape index (κ1) is 23.4. The van der Waals surface area contributed by atoms with Crippen LogP contribution in [0.1, 0.15) is 57.8 Å². The lowest BCUT2D eigenvalue weighted by molar-refractivity contribution is -0.121. The molecule has 0 aliphatic rings. The van der Waals surface area contributed by atoms with Gasteiger partial charge in [-0.05, 0) is 19.3 Å². The topological polar surface area (TPSA) is 56.8 Å². The number of nitrogens with one attached hydrogen (secondary N) is 1. The van der Waals surface area contributed by atoms with Gasteiger partial charge in [-0.2, -0.15) is 0 Å². The van der Waals surface area contributed by atoms with Gasteiger partial charge in [-0.1, -0.05) is 25.7 Å². The van der Waals surface area contributed by atoms with Crippen molar-refractivity contribution in [2.24, 2.45) is 0 Å². The van der Waals surface area contributed by atoms with E-state index in [1.165, 1.54) is 0 Å². The predicted molar refractivity (Wildman–Crippen MR) is 92.2 cm³/mol. The van der Waals surface area contributed by atoms with Crippen LogP contribution in [0.5, 0.6) is 0 Å². The lowest BCUT2D eigenvalue weighted by Crippen LogP contribution is -2.43. The Morgan fingerprint density at radius 3 is 2.00 bits per heavy atom. The van der Waals surface area contributed by atoms with E-state index in [1.807, 2.05) is 0 Å². The van der Waals surface area contributed by atoms with Gasteiger partial charge >= 0.3 is 8.80 Å². The van der Waals surface area contributed by atoms with E-state index in [1.54, 1.807) is 21.3 Å². The van der Waals surface area contributed by atoms with Crippen molar-refractivity contribution in [2.45, 2.75) is 70.3 Å². The molecule has 0 unspecified atom stereocenters. The summed E-state index contributed by atoms with van der Waals surface area (Å²) in [7, 11) is 2.18. The highest BCUT2D eigenvalue weighted by atomic mass is 28.4. The van der Waals surface area contributed by atoms with Crippen LogP contribution in [0.15, 0.2) is 0 Å². The van der Waals surface area contributed by atoms with Crippen molar-refractivity contribution in [3.8, 4) is 0 Å². The van der Waals surface area contributed by atoms with E-state index in [-0.39, 0.29) is 12.3 Å². The summed E-state index contributed by atoms with van der Waals surface area (Å²) < 4.78 is 39.8. The van der Waals surface area contributed by atoms with Gasteiger partial charge in [-0.15, -0.1) is 0 Å². The molecular weight excluding hydrogens is 336 g/mol. The summed E-state index contributed by atoms with van der Waals surface area (Å²) in [6.07, 6.45) is 4.29. The van der Waals surface area contributed by atoms with E-state index in [4.69, 9.17) is 13.3 Å². The zero-order valence-electron chi connectivity index (χ0n) is 15.2. The molecule has 1 amide bonds. The van der Waals surface area contributed by atoms with Crippen molar-refractivity contribution >= 4 is 14.7 Å². The molecule has 0 atom stereocenters. The molecule has 0 aliphatic carbocycles. The van der Waals surface area contributed by atoms with Gasteiger partial charge < -0.3 is 18.6 Å². The van der Waals surface area contributed by atoms with Gasteiger partial charge in [-0.3, -0.25) is 4.79 Å². The van der Waals surface area contributed by atoms with Crippen LogP contribution in [0.4, 0.5) is 8.78 Å². The van der Waals surface area contributed by atoms with E-state index >= 15 is 0 Å². The molecule has 0 aromatic heterocycles. The summed E-state index contributed by atoms with van der Waals surface area (Å²) in [6, 6.07) is 0.662. The zero-order valence-corrected chi connectivity index (χ0v) is 16.2. The highest BCUT2D eigenvalue weighted by Crippen LogP contribution is 2.14. The summed E-state index contributed by atoms with van der Waals surface area (Å²) in [6.45, 7) is 0.581. The second kappa shape index (κ2) is 14.7. The van der Waals surface area contributed by atoms with Crippen LogP contribution in [0.25, 0.3) is 0 Å². The second-order valence-electron chi connectivity index (χ2n) is 5.80. The molecule has 0 aromatic carbocycles. The summed E-state index contributed by atoms with van der Waals surface area (Å²) in [5.41, 5.74) is 0. The molecule has 0 saturated carbocycles. The highest BCUT2D eigenvalue weighted by Gasteiger charge is 2.36. The molecule has 1 N–H and O–H groups in total. The van der Waals surface area contributed by atoms with Crippen LogP contribution < -0.4 is 5.32 Å². The minimum Gasteiger partial charge on any atom is -0.377 e. The maximum atomic E-state index is 11.9. The highest BCUT2D eigenvalue weighted by molar-refractivity contribution is 6.60. The molecular formula is C16H33F2NO4Si. The fourth-order valence-electron chi connectivity index (χ4n) is 2.47. The summed E-state index contributed by atoms with van der Waals surface area (Å²) >= 11 is 0.